The number of nitrogens with zero attached hydrogens (tertiary/aromatic N) is 1. The van der Waals surface area contributed by atoms with E-state index in [2.05, 4.69) is 41.5 Å². The summed E-state index contributed by atoms with van der Waals surface area (Å²) < 4.78 is 5.29. The molecule has 0 fully saturated rings. The zero-order valence-electron chi connectivity index (χ0n) is 14.8. The molecule has 0 unspecified atom stereocenters. The molecule has 0 saturated carbocycles. The quantitative estimate of drug-likeness (QED) is 0.702. The molecule has 1 N–H and O–H groups in total. The van der Waals surface area contributed by atoms with Gasteiger partial charge in [-0.15, -0.1) is 11.3 Å². The van der Waals surface area contributed by atoms with Crippen LogP contribution in [0.25, 0.3) is 0 Å². The standard InChI is InChI=1S/C21H18N2O3S/c1-13-6-8-14(9-7-13)10-16-12-22-21(27-16)23-19(24)18-11-15-4-2-3-5-17(15)20(25)26-18/h2-9,12,18H,10-11H2,1H3,(H,22,23,24)/t18-/m1/s1. The number of anilines is 1. The summed E-state index contributed by atoms with van der Waals surface area (Å²) in [5.74, 6) is -0.815. The third kappa shape index (κ3) is 3.90. The molecule has 136 valence electrons. The molecule has 1 amide bonds. The lowest BCUT2D eigenvalue weighted by molar-refractivity contribution is -0.125. The highest BCUT2D eigenvalue weighted by Crippen LogP contribution is 2.24. The molecule has 0 bridgehead atoms. The van der Waals surface area contributed by atoms with Crippen molar-refractivity contribution in [1.29, 1.82) is 0 Å². The number of hydrogen-bond acceptors (Lipinski definition) is 5. The first-order valence-electron chi connectivity index (χ1n) is 8.68. The third-order valence-corrected chi connectivity index (χ3v) is 5.38. The number of benzene rings is 2. The summed E-state index contributed by atoms with van der Waals surface area (Å²) in [4.78, 5) is 29.9. The van der Waals surface area contributed by atoms with Crippen molar-refractivity contribution < 1.29 is 14.3 Å². The molecule has 0 radical (unpaired) electrons. The molecule has 0 saturated heterocycles. The van der Waals surface area contributed by atoms with Crippen molar-refractivity contribution in [2.45, 2.75) is 25.9 Å². The highest BCUT2D eigenvalue weighted by Gasteiger charge is 2.31. The predicted octanol–water partition coefficient (Wildman–Crippen LogP) is 3.76. The summed E-state index contributed by atoms with van der Waals surface area (Å²) >= 11 is 1.43. The highest BCUT2D eigenvalue weighted by molar-refractivity contribution is 7.15. The Morgan fingerprint density at radius 2 is 2.00 bits per heavy atom. The number of aromatic nitrogens is 1. The van der Waals surface area contributed by atoms with E-state index in [0.29, 0.717) is 17.1 Å². The summed E-state index contributed by atoms with van der Waals surface area (Å²) in [6.45, 7) is 2.06. The summed E-state index contributed by atoms with van der Waals surface area (Å²) in [5, 5.41) is 3.28. The minimum atomic E-state index is -0.836. The lowest BCUT2D eigenvalue weighted by Crippen LogP contribution is -2.37. The van der Waals surface area contributed by atoms with Gasteiger partial charge in [0.05, 0.1) is 5.56 Å². The number of aryl methyl sites for hydroxylation is 1. The van der Waals surface area contributed by atoms with Crippen LogP contribution in [-0.4, -0.2) is 23.0 Å². The number of cyclic esters (lactones) is 1. The number of thiazole rings is 1. The van der Waals surface area contributed by atoms with E-state index in [-0.39, 0.29) is 5.91 Å². The van der Waals surface area contributed by atoms with Crippen molar-refractivity contribution in [2.75, 3.05) is 5.32 Å². The first-order chi connectivity index (χ1) is 13.1. The summed E-state index contributed by atoms with van der Waals surface area (Å²) in [7, 11) is 0. The highest BCUT2D eigenvalue weighted by atomic mass is 32.1. The molecule has 1 atom stereocenters. The number of rotatable bonds is 4. The fraction of sp³-hybridized carbons (Fsp3) is 0.190. The van der Waals surface area contributed by atoms with Crippen LogP contribution in [0.4, 0.5) is 5.13 Å². The number of ether oxygens (including phenoxy) is 1. The van der Waals surface area contributed by atoms with Gasteiger partial charge in [-0.1, -0.05) is 48.0 Å². The van der Waals surface area contributed by atoms with Crippen LogP contribution in [0.2, 0.25) is 0 Å². The smallest absolute Gasteiger partial charge is 0.339 e. The Kier molecular flexibility index (Phi) is 4.73. The maximum atomic E-state index is 12.5. The van der Waals surface area contributed by atoms with Crippen LogP contribution in [0.3, 0.4) is 0 Å². The molecule has 3 aromatic rings. The average Bonchev–Trinajstić information content (AvgIpc) is 3.10. The van der Waals surface area contributed by atoms with Crippen molar-refractivity contribution in [2.24, 2.45) is 0 Å². The van der Waals surface area contributed by atoms with Gasteiger partial charge >= 0.3 is 5.97 Å². The second-order valence-electron chi connectivity index (χ2n) is 6.54. The van der Waals surface area contributed by atoms with Gasteiger partial charge in [-0.25, -0.2) is 9.78 Å². The van der Waals surface area contributed by atoms with Crippen LogP contribution >= 0.6 is 11.3 Å². The normalized spacial score (nSPS) is 15.7. The Bertz CT molecular complexity index is 995. The van der Waals surface area contributed by atoms with Gasteiger partial charge < -0.3 is 4.74 Å². The topological polar surface area (TPSA) is 68.3 Å². The van der Waals surface area contributed by atoms with E-state index in [1.165, 1.54) is 22.5 Å². The van der Waals surface area contributed by atoms with Gasteiger partial charge in [0.15, 0.2) is 11.2 Å². The van der Waals surface area contributed by atoms with E-state index in [1.807, 2.05) is 12.1 Å². The van der Waals surface area contributed by atoms with E-state index >= 15 is 0 Å². The molecule has 2 aromatic carbocycles. The van der Waals surface area contributed by atoms with Crippen LogP contribution in [0.1, 0.15) is 31.9 Å². The lowest BCUT2D eigenvalue weighted by Gasteiger charge is -2.23. The molecular weight excluding hydrogens is 360 g/mol. The first kappa shape index (κ1) is 17.4. The first-order valence-corrected chi connectivity index (χ1v) is 9.50. The molecule has 5 nitrogen and oxygen atoms in total. The largest absolute Gasteiger partial charge is 0.448 e. The van der Waals surface area contributed by atoms with Crippen molar-refractivity contribution >= 4 is 28.3 Å². The molecule has 1 aromatic heterocycles. The third-order valence-electron chi connectivity index (χ3n) is 4.47. The molecule has 0 aliphatic carbocycles. The van der Waals surface area contributed by atoms with Gasteiger partial charge in [0, 0.05) is 23.9 Å². The fourth-order valence-electron chi connectivity index (χ4n) is 3.02. The van der Waals surface area contributed by atoms with Crippen molar-refractivity contribution in [3.8, 4) is 0 Å². The molecule has 1 aliphatic heterocycles. The molecule has 6 heteroatoms. The molecule has 1 aliphatic rings. The van der Waals surface area contributed by atoms with Gasteiger partial charge in [-0.2, -0.15) is 0 Å². The van der Waals surface area contributed by atoms with E-state index in [4.69, 9.17) is 4.74 Å². The van der Waals surface area contributed by atoms with E-state index < -0.39 is 12.1 Å². The maximum absolute atomic E-state index is 12.5. The number of carbonyl (C=O) groups is 2. The van der Waals surface area contributed by atoms with E-state index in [9.17, 15) is 9.59 Å². The summed E-state index contributed by atoms with van der Waals surface area (Å²) in [5.41, 5.74) is 3.77. The van der Waals surface area contributed by atoms with Crippen LogP contribution in [0, 0.1) is 6.92 Å². The number of amides is 1. The van der Waals surface area contributed by atoms with Gasteiger partial charge in [0.25, 0.3) is 5.91 Å². The van der Waals surface area contributed by atoms with E-state index in [0.717, 1.165) is 16.9 Å². The average molecular weight is 378 g/mol. The zero-order chi connectivity index (χ0) is 18.8. The number of fused-ring (bicyclic) bond motifs is 1. The van der Waals surface area contributed by atoms with Crippen molar-refractivity contribution in [3.05, 3.63) is 81.9 Å². The van der Waals surface area contributed by atoms with Crippen molar-refractivity contribution in [1.82, 2.24) is 4.98 Å². The Morgan fingerprint density at radius 3 is 2.81 bits per heavy atom. The molecule has 4 rings (SSSR count). The lowest BCUT2D eigenvalue weighted by atomic mass is 9.98. The SMILES string of the molecule is Cc1ccc(Cc2cnc(NC(=O)[C@H]3Cc4ccccc4C(=O)O3)s2)cc1. The maximum Gasteiger partial charge on any atom is 0.339 e. The van der Waals surface area contributed by atoms with Gasteiger partial charge in [0.2, 0.25) is 0 Å². The van der Waals surface area contributed by atoms with Gasteiger partial charge in [-0.3, -0.25) is 10.1 Å². The molecular formula is C21H18N2O3S. The summed E-state index contributed by atoms with van der Waals surface area (Å²) in [6, 6.07) is 15.5. The zero-order valence-corrected chi connectivity index (χ0v) is 15.6. The van der Waals surface area contributed by atoms with Gasteiger partial charge in [-0.05, 0) is 24.1 Å². The Labute approximate surface area is 161 Å². The van der Waals surface area contributed by atoms with Crippen LogP contribution < -0.4 is 5.32 Å². The molecule has 2 heterocycles. The number of carbonyl (C=O) groups excluding carboxylic acids is 2. The molecule has 0 spiro atoms. The monoisotopic (exact) mass is 378 g/mol. The van der Waals surface area contributed by atoms with Crippen LogP contribution in [0.15, 0.2) is 54.7 Å². The second kappa shape index (κ2) is 7.32. The number of nitrogens with one attached hydrogen (secondary N) is 1. The fourth-order valence-corrected chi connectivity index (χ4v) is 3.87. The van der Waals surface area contributed by atoms with E-state index in [1.54, 1.807) is 18.3 Å². The van der Waals surface area contributed by atoms with Gasteiger partial charge in [0.1, 0.15) is 0 Å². The predicted molar refractivity (Wildman–Crippen MR) is 104 cm³/mol. The Balaban J connectivity index is 1.41. The Morgan fingerprint density at radius 1 is 1.22 bits per heavy atom. The number of esters is 1. The number of hydrogen-bond donors (Lipinski definition) is 1. The van der Waals surface area contributed by atoms with Crippen molar-refractivity contribution in [3.63, 3.8) is 0 Å². The minimum absolute atomic E-state index is 0.353. The summed E-state index contributed by atoms with van der Waals surface area (Å²) in [6.07, 6.45) is 2.06. The minimum Gasteiger partial charge on any atom is -0.448 e. The molecule has 27 heavy (non-hydrogen) atoms. The second-order valence-corrected chi connectivity index (χ2v) is 7.65. The van der Waals surface area contributed by atoms with Crippen LogP contribution in [-0.2, 0) is 22.4 Å². The van der Waals surface area contributed by atoms with Crippen LogP contribution in [0.5, 0.6) is 0 Å². The Hall–Kier alpha value is -2.99.